The predicted octanol–water partition coefficient (Wildman–Crippen LogP) is 3.70. The molecule has 0 saturated carbocycles. The van der Waals surface area contributed by atoms with Crippen LogP contribution in [0.3, 0.4) is 0 Å². The zero-order valence-corrected chi connectivity index (χ0v) is 13.5. The van der Waals surface area contributed by atoms with Crippen LogP contribution in [0.1, 0.15) is 30.3 Å². The molecular weight excluding hydrogens is 309 g/mol. The maximum absolute atomic E-state index is 12.9. The molecule has 1 aromatic carbocycles. The fourth-order valence-corrected chi connectivity index (χ4v) is 4.55. The molecule has 21 heavy (non-hydrogen) atoms. The first-order valence-electron chi connectivity index (χ1n) is 6.65. The van der Waals surface area contributed by atoms with Crippen molar-refractivity contribution in [2.75, 3.05) is 0 Å². The van der Waals surface area contributed by atoms with Crippen molar-refractivity contribution >= 4 is 21.4 Å². The van der Waals surface area contributed by atoms with Gasteiger partial charge in [0.2, 0.25) is 10.0 Å². The van der Waals surface area contributed by atoms with Crippen LogP contribution in [0.2, 0.25) is 0 Å². The third-order valence-corrected chi connectivity index (χ3v) is 5.37. The molecule has 0 fully saturated rings. The Morgan fingerprint density at radius 2 is 1.86 bits per heavy atom. The third-order valence-electron chi connectivity index (χ3n) is 3.09. The Bertz CT molecular complexity index is 664. The van der Waals surface area contributed by atoms with Gasteiger partial charge in [-0.1, -0.05) is 32.0 Å². The lowest BCUT2D eigenvalue weighted by atomic mass is 10.0. The summed E-state index contributed by atoms with van der Waals surface area (Å²) < 4.78 is 40.2. The Balaban J connectivity index is 2.13. The lowest BCUT2D eigenvalue weighted by Crippen LogP contribution is -2.32. The van der Waals surface area contributed by atoms with Crippen molar-refractivity contribution in [3.8, 4) is 0 Å². The topological polar surface area (TPSA) is 46.2 Å². The van der Waals surface area contributed by atoms with Crippen LogP contribution in [-0.4, -0.2) is 8.42 Å². The molecule has 114 valence electrons. The summed E-state index contributed by atoms with van der Waals surface area (Å²) in [7, 11) is -3.48. The summed E-state index contributed by atoms with van der Waals surface area (Å²) in [6, 6.07) is 9.11. The summed E-state index contributed by atoms with van der Waals surface area (Å²) in [5.41, 5.74) is 0.567. The summed E-state index contributed by atoms with van der Waals surface area (Å²) in [4.78, 5) is 0.993. The van der Waals surface area contributed by atoms with Gasteiger partial charge in [-0.2, -0.15) is 0 Å². The molecule has 3 nitrogen and oxygen atoms in total. The molecule has 1 aromatic heterocycles. The van der Waals surface area contributed by atoms with E-state index in [-0.39, 0.29) is 23.5 Å². The van der Waals surface area contributed by atoms with Crippen molar-refractivity contribution in [3.63, 3.8) is 0 Å². The molecule has 1 atom stereocenters. The molecule has 1 unspecified atom stereocenters. The quantitative estimate of drug-likeness (QED) is 0.879. The van der Waals surface area contributed by atoms with E-state index in [0.717, 1.165) is 4.88 Å². The zero-order chi connectivity index (χ0) is 15.5. The fraction of sp³-hybridized carbons (Fsp3) is 0.333. The number of rotatable bonds is 6. The highest BCUT2D eigenvalue weighted by Gasteiger charge is 2.23. The van der Waals surface area contributed by atoms with Gasteiger partial charge in [-0.25, -0.2) is 17.5 Å². The number of sulfonamides is 1. The number of halogens is 1. The first kappa shape index (κ1) is 16.1. The van der Waals surface area contributed by atoms with Crippen LogP contribution < -0.4 is 4.72 Å². The summed E-state index contributed by atoms with van der Waals surface area (Å²) in [5, 5.41) is 1.93. The van der Waals surface area contributed by atoms with E-state index < -0.39 is 10.0 Å². The van der Waals surface area contributed by atoms with Gasteiger partial charge in [-0.3, -0.25) is 0 Å². The number of thiophene rings is 1. The van der Waals surface area contributed by atoms with Gasteiger partial charge in [0.25, 0.3) is 0 Å². The minimum absolute atomic E-state index is 0.145. The molecule has 0 aliphatic rings. The van der Waals surface area contributed by atoms with Crippen LogP contribution in [0.25, 0.3) is 0 Å². The molecule has 0 aliphatic heterocycles. The Kier molecular flexibility index (Phi) is 5.13. The van der Waals surface area contributed by atoms with Crippen molar-refractivity contribution in [1.82, 2.24) is 4.72 Å². The Morgan fingerprint density at radius 3 is 2.38 bits per heavy atom. The average molecular weight is 327 g/mol. The Hall–Kier alpha value is -1.24. The van der Waals surface area contributed by atoms with E-state index in [0.29, 0.717) is 5.56 Å². The zero-order valence-electron chi connectivity index (χ0n) is 11.9. The molecule has 2 aromatic rings. The van der Waals surface area contributed by atoms with Gasteiger partial charge in [0.1, 0.15) is 5.82 Å². The maximum Gasteiger partial charge on any atom is 0.216 e. The van der Waals surface area contributed by atoms with Crippen molar-refractivity contribution < 1.29 is 12.8 Å². The summed E-state index contributed by atoms with van der Waals surface area (Å²) >= 11 is 1.53. The Morgan fingerprint density at radius 1 is 1.19 bits per heavy atom. The molecule has 1 heterocycles. The average Bonchev–Trinajstić information content (AvgIpc) is 2.92. The minimum Gasteiger partial charge on any atom is -0.212 e. The summed E-state index contributed by atoms with van der Waals surface area (Å²) in [5.74, 6) is -0.378. The van der Waals surface area contributed by atoms with Gasteiger partial charge in [-0.05, 0) is 35.1 Å². The van der Waals surface area contributed by atoms with Crippen molar-refractivity contribution in [3.05, 3.63) is 58.0 Å². The van der Waals surface area contributed by atoms with Crippen molar-refractivity contribution in [2.24, 2.45) is 5.92 Å². The van der Waals surface area contributed by atoms with E-state index in [1.54, 1.807) is 0 Å². The molecule has 1 N–H and O–H groups in total. The predicted molar refractivity (Wildman–Crippen MR) is 84.1 cm³/mol. The van der Waals surface area contributed by atoms with Gasteiger partial charge < -0.3 is 0 Å². The van der Waals surface area contributed by atoms with Gasteiger partial charge in [0.05, 0.1) is 11.8 Å². The van der Waals surface area contributed by atoms with Crippen LogP contribution in [0.4, 0.5) is 4.39 Å². The highest BCUT2D eigenvalue weighted by atomic mass is 32.2. The van der Waals surface area contributed by atoms with E-state index >= 15 is 0 Å². The molecule has 0 saturated heterocycles. The van der Waals surface area contributed by atoms with Crippen LogP contribution in [0, 0.1) is 11.7 Å². The van der Waals surface area contributed by atoms with Crippen LogP contribution in [0.15, 0.2) is 41.8 Å². The second-order valence-electron chi connectivity index (χ2n) is 5.24. The third kappa shape index (κ3) is 4.62. The standard InChI is InChI=1S/C15H18FNO2S2/c1-11(2)15(14-4-3-9-20-14)17-21(18,19)10-12-5-7-13(16)8-6-12/h3-9,11,15,17H,10H2,1-2H3. The monoisotopic (exact) mass is 327 g/mol. The first-order chi connectivity index (χ1) is 9.87. The maximum atomic E-state index is 12.9. The van der Waals surface area contributed by atoms with E-state index in [4.69, 9.17) is 0 Å². The van der Waals surface area contributed by atoms with Crippen LogP contribution >= 0.6 is 11.3 Å². The number of benzene rings is 1. The minimum atomic E-state index is -3.48. The lowest BCUT2D eigenvalue weighted by Gasteiger charge is -2.21. The number of hydrogen-bond acceptors (Lipinski definition) is 3. The number of hydrogen-bond donors (Lipinski definition) is 1. The van der Waals surface area contributed by atoms with Crippen molar-refractivity contribution in [1.29, 1.82) is 0 Å². The van der Waals surface area contributed by atoms with E-state index in [2.05, 4.69) is 4.72 Å². The summed E-state index contributed by atoms with van der Waals surface area (Å²) in [6.07, 6.45) is 0. The highest BCUT2D eigenvalue weighted by molar-refractivity contribution is 7.88. The SMILES string of the molecule is CC(C)C(NS(=O)(=O)Cc1ccc(F)cc1)c1cccs1. The molecule has 0 amide bonds. The molecule has 0 radical (unpaired) electrons. The second kappa shape index (κ2) is 6.68. The molecule has 0 aliphatic carbocycles. The molecule has 2 rings (SSSR count). The van der Waals surface area contributed by atoms with Gasteiger partial charge >= 0.3 is 0 Å². The van der Waals surface area contributed by atoms with Crippen molar-refractivity contribution in [2.45, 2.75) is 25.6 Å². The molecule has 0 bridgehead atoms. The molecule has 6 heteroatoms. The van der Waals surface area contributed by atoms with Gasteiger partial charge in [0, 0.05) is 4.88 Å². The Labute approximate surface area is 128 Å². The van der Waals surface area contributed by atoms with E-state index in [9.17, 15) is 12.8 Å². The smallest absolute Gasteiger partial charge is 0.212 e. The number of nitrogens with one attached hydrogen (secondary N) is 1. The van der Waals surface area contributed by atoms with Gasteiger partial charge in [-0.15, -0.1) is 11.3 Å². The van der Waals surface area contributed by atoms with Crippen LogP contribution in [-0.2, 0) is 15.8 Å². The van der Waals surface area contributed by atoms with Crippen LogP contribution in [0.5, 0.6) is 0 Å². The molecule has 0 spiro atoms. The second-order valence-corrected chi connectivity index (χ2v) is 7.97. The van der Waals surface area contributed by atoms with E-state index in [1.807, 2.05) is 31.4 Å². The first-order valence-corrected chi connectivity index (χ1v) is 9.18. The fourth-order valence-electron chi connectivity index (χ4n) is 2.03. The van der Waals surface area contributed by atoms with Gasteiger partial charge in [0.15, 0.2) is 0 Å². The summed E-state index contributed by atoms with van der Waals surface area (Å²) in [6.45, 7) is 3.95. The molecular formula is C15H18FNO2S2. The highest BCUT2D eigenvalue weighted by Crippen LogP contribution is 2.27. The van der Waals surface area contributed by atoms with E-state index in [1.165, 1.54) is 35.6 Å². The lowest BCUT2D eigenvalue weighted by molar-refractivity contribution is 0.468. The normalized spacial score (nSPS) is 13.5. The largest absolute Gasteiger partial charge is 0.216 e.